The molecule has 1 aliphatic heterocycles. The number of amides is 1. The Morgan fingerprint density at radius 2 is 1.55 bits per heavy atom. The average Bonchev–Trinajstić information content (AvgIpc) is 3.53. The second kappa shape index (κ2) is 13.8. The topological polar surface area (TPSA) is 59.1 Å². The average molecular weight is 567 g/mol. The quantitative estimate of drug-likeness (QED) is 0.197. The van der Waals surface area contributed by atoms with Crippen LogP contribution in [0.25, 0.3) is 17.2 Å². The van der Waals surface area contributed by atoms with Crippen LogP contribution in [-0.2, 0) is 25.6 Å². The summed E-state index contributed by atoms with van der Waals surface area (Å²) >= 11 is 0. The molecule has 42 heavy (non-hydrogen) atoms. The van der Waals surface area contributed by atoms with Gasteiger partial charge in [-0.15, -0.1) is 0 Å². The van der Waals surface area contributed by atoms with Gasteiger partial charge in [0.1, 0.15) is 0 Å². The molecule has 2 fully saturated rings. The molecule has 2 aliphatic rings. The van der Waals surface area contributed by atoms with Crippen molar-refractivity contribution in [3.63, 3.8) is 0 Å². The van der Waals surface area contributed by atoms with Crippen LogP contribution < -0.4 is 9.80 Å². The number of nitrogens with zero attached hydrogens (tertiary/aromatic N) is 2. The molecule has 0 radical (unpaired) electrons. The van der Waals surface area contributed by atoms with Crippen molar-refractivity contribution in [3.05, 3.63) is 89.5 Å². The largest absolute Gasteiger partial charge is 0.432 e. The first-order chi connectivity index (χ1) is 20.4. The Labute approximate surface area is 249 Å². The number of esters is 1. The van der Waals surface area contributed by atoms with E-state index < -0.39 is 6.29 Å². The Kier molecular flexibility index (Phi) is 9.75. The van der Waals surface area contributed by atoms with Crippen LogP contribution >= 0.6 is 0 Å². The van der Waals surface area contributed by atoms with Crippen molar-refractivity contribution in [2.45, 2.75) is 64.7 Å². The summed E-state index contributed by atoms with van der Waals surface area (Å²) in [5.74, 6) is -0.164. The maximum atomic E-state index is 13.9. The van der Waals surface area contributed by atoms with E-state index in [1.165, 1.54) is 12.1 Å². The molecule has 1 amide bonds. The van der Waals surface area contributed by atoms with Crippen LogP contribution in [0.3, 0.4) is 0 Å². The molecule has 1 unspecified atom stereocenters. The van der Waals surface area contributed by atoms with E-state index in [1.54, 1.807) is 6.92 Å². The molecule has 1 saturated heterocycles. The summed E-state index contributed by atoms with van der Waals surface area (Å²) in [4.78, 5) is 30.6. The summed E-state index contributed by atoms with van der Waals surface area (Å²) < 4.78 is 10.9. The predicted octanol–water partition coefficient (Wildman–Crippen LogP) is 7.62. The maximum Gasteiger partial charge on any atom is 0.336 e. The monoisotopic (exact) mass is 566 g/mol. The molecule has 1 heterocycles. The second-order valence-corrected chi connectivity index (χ2v) is 11.7. The summed E-state index contributed by atoms with van der Waals surface area (Å²) in [6.45, 7) is 2.87. The van der Waals surface area contributed by atoms with Gasteiger partial charge in [0, 0.05) is 43.4 Å². The first-order valence-corrected chi connectivity index (χ1v) is 15.2. The molecule has 6 heteroatoms. The van der Waals surface area contributed by atoms with E-state index in [4.69, 9.17) is 9.47 Å². The lowest BCUT2D eigenvalue weighted by molar-refractivity contribution is -0.164. The van der Waals surface area contributed by atoms with Crippen molar-refractivity contribution in [3.8, 4) is 11.1 Å². The highest BCUT2D eigenvalue weighted by Crippen LogP contribution is 2.30. The van der Waals surface area contributed by atoms with E-state index in [2.05, 4.69) is 53.4 Å². The fourth-order valence-electron chi connectivity index (χ4n) is 5.75. The third-order valence-corrected chi connectivity index (χ3v) is 8.25. The number of ether oxygens (including phenoxy) is 2. The molecule has 0 bridgehead atoms. The molecule has 1 aliphatic carbocycles. The number of carbonyl (C=O) groups excluding carboxylic acids is 2. The number of carbonyl (C=O) groups is 2. The van der Waals surface area contributed by atoms with Crippen LogP contribution in [0.2, 0.25) is 0 Å². The van der Waals surface area contributed by atoms with E-state index in [9.17, 15) is 9.59 Å². The highest BCUT2D eigenvalue weighted by atomic mass is 16.7. The molecule has 1 saturated carbocycles. The van der Waals surface area contributed by atoms with Gasteiger partial charge < -0.3 is 19.3 Å². The summed E-state index contributed by atoms with van der Waals surface area (Å²) in [6.07, 6.45) is 8.26. The highest BCUT2D eigenvalue weighted by molar-refractivity contribution is 5.96. The molecule has 3 aromatic rings. The van der Waals surface area contributed by atoms with Crippen molar-refractivity contribution in [1.29, 1.82) is 0 Å². The SMILES string of the molecule is C/C(=C\c1cccc(N(Cc2ccc(-c3ccc(N(C)C)cc3)cc2)C(=O)C2CCCCC2)c1)C(=O)OC1CCCO1. The van der Waals surface area contributed by atoms with E-state index in [-0.39, 0.29) is 17.8 Å². The maximum absolute atomic E-state index is 13.9. The third kappa shape index (κ3) is 7.48. The van der Waals surface area contributed by atoms with Crippen molar-refractivity contribution >= 4 is 29.3 Å². The zero-order valence-electron chi connectivity index (χ0n) is 25.1. The normalized spacial score (nSPS) is 17.6. The molecule has 0 N–H and O–H groups in total. The number of anilines is 2. The van der Waals surface area contributed by atoms with Gasteiger partial charge in [-0.25, -0.2) is 4.79 Å². The third-order valence-electron chi connectivity index (χ3n) is 8.25. The number of benzene rings is 3. The van der Waals surface area contributed by atoms with Gasteiger partial charge in [0.2, 0.25) is 12.2 Å². The Bertz CT molecular complexity index is 1380. The second-order valence-electron chi connectivity index (χ2n) is 11.7. The van der Waals surface area contributed by atoms with Crippen LogP contribution in [0.1, 0.15) is 63.0 Å². The van der Waals surface area contributed by atoms with Gasteiger partial charge in [-0.2, -0.15) is 0 Å². The van der Waals surface area contributed by atoms with E-state index >= 15 is 0 Å². The molecule has 1 atom stereocenters. The molecule has 5 rings (SSSR count). The van der Waals surface area contributed by atoms with Crippen molar-refractivity contribution < 1.29 is 19.1 Å². The number of rotatable bonds is 9. The van der Waals surface area contributed by atoms with E-state index in [0.29, 0.717) is 18.7 Å². The minimum absolute atomic E-state index is 0.0376. The lowest BCUT2D eigenvalue weighted by Crippen LogP contribution is -2.36. The lowest BCUT2D eigenvalue weighted by Gasteiger charge is -2.30. The number of hydrogen-bond donors (Lipinski definition) is 0. The van der Waals surface area contributed by atoms with Crippen LogP contribution in [0.4, 0.5) is 11.4 Å². The summed E-state index contributed by atoms with van der Waals surface area (Å²) in [6, 6.07) is 24.9. The Hall–Kier alpha value is -3.90. The Morgan fingerprint density at radius 1 is 0.857 bits per heavy atom. The van der Waals surface area contributed by atoms with E-state index in [1.807, 2.05) is 49.3 Å². The summed E-state index contributed by atoms with van der Waals surface area (Å²) in [7, 11) is 4.08. The molecular weight excluding hydrogens is 524 g/mol. The van der Waals surface area contributed by atoms with Gasteiger partial charge in [-0.05, 0) is 78.8 Å². The van der Waals surface area contributed by atoms with Gasteiger partial charge in [0.05, 0.1) is 13.2 Å². The fourth-order valence-corrected chi connectivity index (χ4v) is 5.75. The van der Waals surface area contributed by atoms with Crippen LogP contribution in [0.5, 0.6) is 0 Å². The first kappa shape index (κ1) is 29.6. The van der Waals surface area contributed by atoms with Crippen molar-refractivity contribution in [1.82, 2.24) is 0 Å². The van der Waals surface area contributed by atoms with Crippen molar-refractivity contribution in [2.24, 2.45) is 5.92 Å². The van der Waals surface area contributed by atoms with Gasteiger partial charge >= 0.3 is 5.97 Å². The highest BCUT2D eigenvalue weighted by Gasteiger charge is 2.27. The van der Waals surface area contributed by atoms with Crippen LogP contribution in [0, 0.1) is 5.92 Å². The first-order valence-electron chi connectivity index (χ1n) is 15.2. The summed E-state index contributed by atoms with van der Waals surface area (Å²) in [5, 5.41) is 0. The molecule has 3 aromatic carbocycles. The minimum Gasteiger partial charge on any atom is -0.432 e. The van der Waals surface area contributed by atoms with Crippen molar-refractivity contribution in [2.75, 3.05) is 30.5 Å². The number of hydrogen-bond acceptors (Lipinski definition) is 5. The fraction of sp³-hybridized carbons (Fsp3) is 0.389. The molecule has 6 nitrogen and oxygen atoms in total. The van der Waals surface area contributed by atoms with Crippen LogP contribution in [0.15, 0.2) is 78.4 Å². The standard InChI is InChI=1S/C36H42N2O4/c1-26(36(40)42-34-13-8-22-41-34)23-28-9-7-12-33(24-28)38(35(39)31-10-5-4-6-11-31)25-27-14-16-29(17-15-27)30-18-20-32(21-19-30)37(2)3/h7,9,12,14-21,23-24,31,34H,4-6,8,10-11,13,22,25H2,1-3H3/b26-23+. The smallest absolute Gasteiger partial charge is 0.336 e. The zero-order chi connectivity index (χ0) is 29.5. The predicted molar refractivity (Wildman–Crippen MR) is 169 cm³/mol. The molecule has 220 valence electrons. The van der Waals surface area contributed by atoms with E-state index in [0.717, 1.165) is 66.5 Å². The molecule has 0 aromatic heterocycles. The minimum atomic E-state index is -0.459. The van der Waals surface area contributed by atoms with Crippen LogP contribution in [-0.4, -0.2) is 38.9 Å². The molecule has 0 spiro atoms. The van der Waals surface area contributed by atoms with Gasteiger partial charge in [0.15, 0.2) is 0 Å². The Morgan fingerprint density at radius 3 is 2.19 bits per heavy atom. The summed E-state index contributed by atoms with van der Waals surface area (Å²) in [5.41, 5.74) is 6.74. The Balaban J connectivity index is 1.36. The lowest BCUT2D eigenvalue weighted by atomic mass is 9.88. The van der Waals surface area contributed by atoms with Gasteiger partial charge in [-0.3, -0.25) is 4.79 Å². The zero-order valence-corrected chi connectivity index (χ0v) is 25.1. The van der Waals surface area contributed by atoms with Gasteiger partial charge in [0.25, 0.3) is 0 Å². The molecular formula is C36H42N2O4. The van der Waals surface area contributed by atoms with Gasteiger partial charge in [-0.1, -0.05) is 67.8 Å².